The van der Waals surface area contributed by atoms with Gasteiger partial charge in [-0.2, -0.15) is 0 Å². The van der Waals surface area contributed by atoms with Gasteiger partial charge < -0.3 is 14.7 Å². The van der Waals surface area contributed by atoms with Gasteiger partial charge in [0.1, 0.15) is 0 Å². The lowest BCUT2D eigenvalue weighted by Crippen LogP contribution is -2.21. The Hall–Kier alpha value is -1.14. The molecule has 0 spiro atoms. The average molecular weight is 154 g/mol. The highest BCUT2D eigenvalue weighted by atomic mass is 16.6. The van der Waals surface area contributed by atoms with E-state index in [1.165, 1.54) is 12.4 Å². The van der Waals surface area contributed by atoms with Crippen LogP contribution in [0.2, 0.25) is 0 Å². The molecule has 2 N–H and O–H groups in total. The van der Waals surface area contributed by atoms with E-state index in [2.05, 4.69) is 14.6 Å². The first-order valence-corrected chi connectivity index (χ1v) is 3.00. The van der Waals surface area contributed by atoms with Crippen molar-refractivity contribution in [3.63, 3.8) is 0 Å². The average Bonchev–Trinajstić information content (AvgIpc) is 1.85. The molecule has 0 atom stereocenters. The van der Waals surface area contributed by atoms with E-state index < -0.39 is 7.32 Å². The van der Waals surface area contributed by atoms with Gasteiger partial charge in [-0.25, -0.2) is 4.98 Å². The first-order valence-electron chi connectivity index (χ1n) is 3.00. The van der Waals surface area contributed by atoms with Crippen LogP contribution >= 0.6 is 0 Å². The number of aromatic nitrogens is 2. The maximum absolute atomic E-state index is 8.36. The minimum absolute atomic E-state index is 0.0972. The molecule has 1 aromatic heterocycles. The molecule has 0 bridgehead atoms. The molecular weight excluding hydrogens is 147 g/mol. The SMILES string of the molecule is Cc1cncc(OB(O)O)n1. The fourth-order valence-electron chi connectivity index (χ4n) is 0.605. The van der Waals surface area contributed by atoms with Crippen molar-refractivity contribution < 1.29 is 14.7 Å². The summed E-state index contributed by atoms with van der Waals surface area (Å²) < 4.78 is 4.43. The molecular formula is C5H7BN2O3. The molecule has 1 rings (SSSR count). The third kappa shape index (κ3) is 2.52. The fraction of sp³-hybridized carbons (Fsp3) is 0.200. The minimum atomic E-state index is -1.84. The van der Waals surface area contributed by atoms with Gasteiger partial charge in [-0.1, -0.05) is 0 Å². The molecule has 1 aromatic rings. The van der Waals surface area contributed by atoms with Gasteiger partial charge in [0, 0.05) is 6.20 Å². The summed E-state index contributed by atoms with van der Waals surface area (Å²) in [5.74, 6) is 0.0972. The summed E-state index contributed by atoms with van der Waals surface area (Å²) in [5, 5.41) is 16.7. The number of nitrogens with zero attached hydrogens (tertiary/aromatic N) is 2. The van der Waals surface area contributed by atoms with E-state index in [0.29, 0.717) is 5.69 Å². The summed E-state index contributed by atoms with van der Waals surface area (Å²) in [4.78, 5) is 7.54. The molecule has 5 nitrogen and oxygen atoms in total. The molecule has 0 aliphatic heterocycles. The lowest BCUT2D eigenvalue weighted by atomic mass is 10.3. The van der Waals surface area contributed by atoms with Gasteiger partial charge in [-0.15, -0.1) is 0 Å². The monoisotopic (exact) mass is 154 g/mol. The van der Waals surface area contributed by atoms with E-state index in [4.69, 9.17) is 10.0 Å². The quantitative estimate of drug-likeness (QED) is 0.541. The second kappa shape index (κ2) is 3.31. The summed E-state index contributed by atoms with van der Waals surface area (Å²) in [5.41, 5.74) is 0.656. The first kappa shape index (κ1) is 7.97. The lowest BCUT2D eigenvalue weighted by Gasteiger charge is -2.01. The van der Waals surface area contributed by atoms with Crippen molar-refractivity contribution in [3.05, 3.63) is 18.1 Å². The molecule has 0 aliphatic carbocycles. The first-order chi connectivity index (χ1) is 5.18. The van der Waals surface area contributed by atoms with Gasteiger partial charge in [-0.3, -0.25) is 4.98 Å². The maximum atomic E-state index is 8.36. The van der Waals surface area contributed by atoms with Gasteiger partial charge in [-0.05, 0) is 6.92 Å². The zero-order valence-electron chi connectivity index (χ0n) is 5.93. The van der Waals surface area contributed by atoms with Gasteiger partial charge in [0.15, 0.2) is 0 Å². The largest absolute Gasteiger partial charge is 0.708 e. The van der Waals surface area contributed by atoms with Crippen LogP contribution in [0.1, 0.15) is 5.69 Å². The zero-order valence-corrected chi connectivity index (χ0v) is 5.93. The Labute approximate surface area is 63.9 Å². The smallest absolute Gasteiger partial charge is 0.496 e. The van der Waals surface area contributed by atoms with Gasteiger partial charge >= 0.3 is 7.32 Å². The molecule has 0 fully saturated rings. The van der Waals surface area contributed by atoms with E-state index in [0.717, 1.165) is 0 Å². The molecule has 58 valence electrons. The van der Waals surface area contributed by atoms with Crippen LogP contribution < -0.4 is 4.65 Å². The maximum Gasteiger partial charge on any atom is 0.708 e. The molecule has 6 heteroatoms. The molecule has 0 saturated carbocycles. The van der Waals surface area contributed by atoms with Crippen molar-refractivity contribution in [1.82, 2.24) is 9.97 Å². The minimum Gasteiger partial charge on any atom is -0.496 e. The van der Waals surface area contributed by atoms with Crippen LogP contribution in [0, 0.1) is 6.92 Å². The molecule has 0 radical (unpaired) electrons. The summed E-state index contributed by atoms with van der Waals surface area (Å²) in [6.45, 7) is 1.73. The molecule has 11 heavy (non-hydrogen) atoms. The van der Waals surface area contributed by atoms with Crippen LogP contribution in [0.4, 0.5) is 0 Å². The van der Waals surface area contributed by atoms with Crippen molar-refractivity contribution in [3.8, 4) is 5.88 Å². The van der Waals surface area contributed by atoms with Crippen molar-refractivity contribution in [2.24, 2.45) is 0 Å². The Morgan fingerprint density at radius 1 is 1.45 bits per heavy atom. The van der Waals surface area contributed by atoms with Gasteiger partial charge in [0.05, 0.1) is 11.9 Å². The number of hydrogen-bond donors (Lipinski definition) is 2. The van der Waals surface area contributed by atoms with Crippen molar-refractivity contribution >= 4 is 7.32 Å². The Morgan fingerprint density at radius 3 is 2.73 bits per heavy atom. The predicted molar refractivity (Wildman–Crippen MR) is 37.6 cm³/mol. The van der Waals surface area contributed by atoms with Crippen LogP contribution in [0.5, 0.6) is 5.88 Å². The standard InChI is InChI=1S/C5H7BN2O3/c1-4-2-7-3-5(8-4)11-6(9)10/h2-3,9-10H,1H3. The Kier molecular flexibility index (Phi) is 2.40. The number of rotatable bonds is 2. The van der Waals surface area contributed by atoms with Gasteiger partial charge in [0.25, 0.3) is 0 Å². The van der Waals surface area contributed by atoms with Crippen LogP contribution in [0.25, 0.3) is 0 Å². The van der Waals surface area contributed by atoms with Crippen LogP contribution in [-0.2, 0) is 0 Å². The van der Waals surface area contributed by atoms with E-state index in [1.807, 2.05) is 0 Å². The molecule has 0 amide bonds. The van der Waals surface area contributed by atoms with Gasteiger partial charge in [0.2, 0.25) is 5.88 Å². The lowest BCUT2D eigenvalue weighted by molar-refractivity contribution is 0.282. The normalized spacial score (nSPS) is 9.36. The van der Waals surface area contributed by atoms with Crippen LogP contribution in [0.15, 0.2) is 12.4 Å². The molecule has 0 saturated heterocycles. The van der Waals surface area contributed by atoms with Crippen molar-refractivity contribution in [2.45, 2.75) is 6.92 Å². The highest BCUT2D eigenvalue weighted by Crippen LogP contribution is 2.03. The summed E-state index contributed by atoms with van der Waals surface area (Å²) in [6, 6.07) is 0. The topological polar surface area (TPSA) is 75.5 Å². The second-order valence-electron chi connectivity index (χ2n) is 1.94. The Bertz CT molecular complexity index is 243. The third-order valence-corrected chi connectivity index (χ3v) is 0.959. The number of hydrogen-bond acceptors (Lipinski definition) is 5. The molecule has 1 heterocycles. The highest BCUT2D eigenvalue weighted by Gasteiger charge is 2.11. The Morgan fingerprint density at radius 2 is 2.18 bits per heavy atom. The Balaban J connectivity index is 2.71. The highest BCUT2D eigenvalue weighted by molar-refractivity contribution is 6.33. The van der Waals surface area contributed by atoms with E-state index >= 15 is 0 Å². The number of aryl methyl sites for hydroxylation is 1. The van der Waals surface area contributed by atoms with E-state index in [1.54, 1.807) is 6.92 Å². The molecule has 0 unspecified atom stereocenters. The van der Waals surface area contributed by atoms with Crippen LogP contribution in [0.3, 0.4) is 0 Å². The summed E-state index contributed by atoms with van der Waals surface area (Å²) >= 11 is 0. The predicted octanol–water partition coefficient (Wildman–Crippen LogP) is -0.867. The second-order valence-corrected chi connectivity index (χ2v) is 1.94. The summed E-state index contributed by atoms with van der Waals surface area (Å²) in [6.07, 6.45) is 2.84. The van der Waals surface area contributed by atoms with Crippen molar-refractivity contribution in [2.75, 3.05) is 0 Å². The molecule has 0 aromatic carbocycles. The summed E-state index contributed by atoms with van der Waals surface area (Å²) in [7, 11) is -1.84. The zero-order chi connectivity index (χ0) is 8.27. The van der Waals surface area contributed by atoms with E-state index in [9.17, 15) is 0 Å². The van der Waals surface area contributed by atoms with E-state index in [-0.39, 0.29) is 5.88 Å². The van der Waals surface area contributed by atoms with Crippen LogP contribution in [-0.4, -0.2) is 27.3 Å². The third-order valence-electron chi connectivity index (χ3n) is 0.959. The van der Waals surface area contributed by atoms with Crippen molar-refractivity contribution in [1.29, 1.82) is 0 Å². The fourth-order valence-corrected chi connectivity index (χ4v) is 0.605. The molecule has 0 aliphatic rings.